The lowest BCUT2D eigenvalue weighted by Gasteiger charge is -2.28. The Morgan fingerprint density at radius 3 is 2.59 bits per heavy atom. The number of amides is 1. The molecule has 0 unspecified atom stereocenters. The van der Waals surface area contributed by atoms with Gasteiger partial charge in [-0.3, -0.25) is 9.59 Å². The van der Waals surface area contributed by atoms with Crippen molar-refractivity contribution in [2.75, 3.05) is 23.8 Å². The van der Waals surface area contributed by atoms with E-state index in [1.165, 1.54) is 19.1 Å². The predicted octanol–water partition coefficient (Wildman–Crippen LogP) is 2.34. The van der Waals surface area contributed by atoms with Gasteiger partial charge in [-0.1, -0.05) is 29.8 Å². The van der Waals surface area contributed by atoms with Crippen LogP contribution in [0.5, 0.6) is 0 Å². The number of anilines is 1. The third kappa shape index (κ3) is 5.17. The van der Waals surface area contributed by atoms with E-state index in [0.29, 0.717) is 6.54 Å². The van der Waals surface area contributed by atoms with Crippen LogP contribution < -0.4 is 9.62 Å². The molecule has 0 spiro atoms. The molecule has 0 aromatic heterocycles. The lowest BCUT2D eigenvalue weighted by atomic mass is 10.2. The Labute approximate surface area is 174 Å². The van der Waals surface area contributed by atoms with Crippen LogP contribution in [0, 0.1) is 6.92 Å². The number of ether oxygens (including phenoxy) is 1. The molecule has 0 fully saturated rings. The average Bonchev–Trinajstić information content (AvgIpc) is 2.71. The van der Waals surface area contributed by atoms with Gasteiger partial charge in [0.05, 0.1) is 10.6 Å². The smallest absolute Gasteiger partial charge is 0.324 e. The van der Waals surface area contributed by atoms with Gasteiger partial charge in [0.1, 0.15) is 6.04 Å². The fourth-order valence-corrected chi connectivity index (χ4v) is 5.02. The van der Waals surface area contributed by atoms with Crippen LogP contribution in [0.1, 0.15) is 12.5 Å². The monoisotopic (exact) mass is 434 g/mol. The van der Waals surface area contributed by atoms with Crippen LogP contribution in [-0.2, 0) is 24.3 Å². The van der Waals surface area contributed by atoms with Crippen molar-refractivity contribution in [3.8, 4) is 0 Å². The molecule has 1 atom stereocenters. The Morgan fingerprint density at radius 1 is 1.17 bits per heavy atom. The third-order valence-corrected chi connectivity index (χ3v) is 6.98. The van der Waals surface area contributed by atoms with Gasteiger partial charge in [0.25, 0.3) is 5.91 Å². The summed E-state index contributed by atoms with van der Waals surface area (Å²) in [5.74, 6) is -0.405. The van der Waals surface area contributed by atoms with Crippen molar-refractivity contribution in [3.63, 3.8) is 0 Å². The Bertz CT molecular complexity index is 1010. The number of hydrogen-bond acceptors (Lipinski definition) is 6. The van der Waals surface area contributed by atoms with Crippen molar-refractivity contribution in [2.24, 2.45) is 0 Å². The van der Waals surface area contributed by atoms with E-state index < -0.39 is 28.6 Å². The lowest BCUT2D eigenvalue weighted by Crippen LogP contribution is -2.42. The molecule has 2 aromatic rings. The van der Waals surface area contributed by atoms with Gasteiger partial charge in [0.15, 0.2) is 6.61 Å². The molecule has 0 bridgehead atoms. The molecule has 1 amide bonds. The van der Waals surface area contributed by atoms with Crippen LogP contribution >= 0.6 is 11.8 Å². The molecular formula is C20H22N2O5S2. The van der Waals surface area contributed by atoms with Gasteiger partial charge in [0, 0.05) is 17.2 Å². The topological polar surface area (TPSA) is 92.8 Å². The average molecular weight is 435 g/mol. The standard InChI is InChI=1S/C20H22N2O5S2/c1-14-7-9-16(10-8-14)29(25,26)21-15(2)20(24)27-13-19(23)22-11-12-28-18-6-4-3-5-17(18)22/h3-10,15,21H,11-13H2,1-2H3/t15-/m0/s1. The van der Waals surface area contributed by atoms with Crippen molar-refractivity contribution < 1.29 is 22.7 Å². The Kier molecular flexibility index (Phi) is 6.61. The minimum Gasteiger partial charge on any atom is -0.454 e. The molecule has 0 aliphatic carbocycles. The molecule has 7 nitrogen and oxygen atoms in total. The Balaban J connectivity index is 1.58. The van der Waals surface area contributed by atoms with Crippen LogP contribution in [0.3, 0.4) is 0 Å². The predicted molar refractivity (Wildman–Crippen MR) is 111 cm³/mol. The molecular weight excluding hydrogens is 412 g/mol. The van der Waals surface area contributed by atoms with E-state index in [-0.39, 0.29) is 10.8 Å². The maximum Gasteiger partial charge on any atom is 0.324 e. The fourth-order valence-electron chi connectivity index (χ4n) is 2.83. The number of benzene rings is 2. The van der Waals surface area contributed by atoms with Crippen molar-refractivity contribution >= 4 is 39.3 Å². The highest BCUT2D eigenvalue weighted by molar-refractivity contribution is 7.99. The zero-order valence-electron chi connectivity index (χ0n) is 16.1. The fraction of sp³-hybridized carbons (Fsp3) is 0.300. The number of nitrogens with zero attached hydrogens (tertiary/aromatic N) is 1. The summed E-state index contributed by atoms with van der Waals surface area (Å²) < 4.78 is 32.1. The van der Waals surface area contributed by atoms with Gasteiger partial charge < -0.3 is 9.64 Å². The number of carbonyl (C=O) groups is 2. The first-order chi connectivity index (χ1) is 13.8. The summed E-state index contributed by atoms with van der Waals surface area (Å²) in [7, 11) is -3.87. The molecule has 9 heteroatoms. The van der Waals surface area contributed by atoms with Crippen molar-refractivity contribution in [3.05, 3.63) is 54.1 Å². The van der Waals surface area contributed by atoms with E-state index in [1.54, 1.807) is 28.8 Å². The van der Waals surface area contributed by atoms with Gasteiger partial charge in [-0.15, -0.1) is 11.8 Å². The number of sulfonamides is 1. The Hall–Kier alpha value is -2.36. The highest BCUT2D eigenvalue weighted by Gasteiger charge is 2.26. The maximum atomic E-state index is 12.5. The second kappa shape index (κ2) is 8.98. The number of fused-ring (bicyclic) bond motifs is 1. The van der Waals surface area contributed by atoms with Gasteiger partial charge in [-0.2, -0.15) is 4.72 Å². The quantitative estimate of drug-likeness (QED) is 0.702. The SMILES string of the molecule is Cc1ccc(S(=O)(=O)N[C@@H](C)C(=O)OCC(=O)N2CCSc3ccccc32)cc1. The van der Waals surface area contributed by atoms with Gasteiger partial charge in [-0.05, 0) is 38.1 Å². The molecule has 1 aliphatic heterocycles. The number of nitrogens with one attached hydrogen (secondary N) is 1. The number of para-hydroxylation sites is 1. The first kappa shape index (κ1) is 21.4. The first-order valence-corrected chi connectivity index (χ1v) is 11.5. The number of hydrogen-bond donors (Lipinski definition) is 1. The highest BCUT2D eigenvalue weighted by Crippen LogP contribution is 2.34. The van der Waals surface area contributed by atoms with E-state index in [9.17, 15) is 18.0 Å². The first-order valence-electron chi connectivity index (χ1n) is 9.06. The van der Waals surface area contributed by atoms with Crippen LogP contribution in [0.15, 0.2) is 58.3 Å². The summed E-state index contributed by atoms with van der Waals surface area (Å²) in [5.41, 5.74) is 1.71. The van der Waals surface area contributed by atoms with E-state index in [0.717, 1.165) is 21.9 Å². The number of carbonyl (C=O) groups excluding carboxylic acids is 2. The van der Waals surface area contributed by atoms with Gasteiger partial charge in [0.2, 0.25) is 10.0 Å². The summed E-state index contributed by atoms with van der Waals surface area (Å²) in [4.78, 5) is 27.4. The molecule has 0 saturated heterocycles. The highest BCUT2D eigenvalue weighted by atomic mass is 32.2. The Morgan fingerprint density at radius 2 is 1.86 bits per heavy atom. The molecule has 29 heavy (non-hydrogen) atoms. The molecule has 1 aliphatic rings. The van der Waals surface area contributed by atoms with Gasteiger partial charge >= 0.3 is 5.97 Å². The summed E-state index contributed by atoms with van der Waals surface area (Å²) in [6.45, 7) is 3.30. The molecule has 0 saturated carbocycles. The minimum absolute atomic E-state index is 0.0567. The second-order valence-corrected chi connectivity index (χ2v) is 9.48. The van der Waals surface area contributed by atoms with Crippen LogP contribution in [0.2, 0.25) is 0 Å². The summed E-state index contributed by atoms with van der Waals surface area (Å²) in [6.07, 6.45) is 0. The van der Waals surface area contributed by atoms with Crippen molar-refractivity contribution in [1.29, 1.82) is 0 Å². The lowest BCUT2D eigenvalue weighted by molar-refractivity contribution is -0.149. The molecule has 0 radical (unpaired) electrons. The normalized spacial score (nSPS) is 14.8. The van der Waals surface area contributed by atoms with Crippen LogP contribution in [0.4, 0.5) is 5.69 Å². The third-order valence-electron chi connectivity index (χ3n) is 4.38. The van der Waals surface area contributed by atoms with Crippen LogP contribution in [0.25, 0.3) is 0 Å². The molecule has 1 heterocycles. The summed E-state index contributed by atoms with van der Waals surface area (Å²) in [5, 5.41) is 0. The minimum atomic E-state index is -3.87. The molecule has 3 rings (SSSR count). The van der Waals surface area contributed by atoms with E-state index in [1.807, 2.05) is 31.2 Å². The van der Waals surface area contributed by atoms with Crippen molar-refractivity contribution in [1.82, 2.24) is 4.72 Å². The molecule has 1 N–H and O–H groups in total. The molecule has 2 aromatic carbocycles. The van der Waals surface area contributed by atoms with E-state index >= 15 is 0 Å². The van der Waals surface area contributed by atoms with Crippen molar-refractivity contribution in [2.45, 2.75) is 29.7 Å². The van der Waals surface area contributed by atoms with Crippen LogP contribution in [-0.4, -0.2) is 45.2 Å². The number of rotatable bonds is 6. The summed E-state index contributed by atoms with van der Waals surface area (Å²) in [6, 6.07) is 12.7. The zero-order chi connectivity index (χ0) is 21.0. The largest absolute Gasteiger partial charge is 0.454 e. The van der Waals surface area contributed by atoms with E-state index in [2.05, 4.69) is 4.72 Å². The number of esters is 1. The molecule has 154 valence electrons. The maximum absolute atomic E-state index is 12.5. The second-order valence-electron chi connectivity index (χ2n) is 6.63. The van der Waals surface area contributed by atoms with E-state index in [4.69, 9.17) is 4.74 Å². The van der Waals surface area contributed by atoms with Gasteiger partial charge in [-0.25, -0.2) is 8.42 Å². The summed E-state index contributed by atoms with van der Waals surface area (Å²) >= 11 is 1.67. The number of aryl methyl sites for hydroxylation is 1. The zero-order valence-corrected chi connectivity index (χ0v) is 17.8. The number of thioether (sulfide) groups is 1.